The molecule has 0 atom stereocenters. The molecule has 4 heteroatoms. The summed E-state index contributed by atoms with van der Waals surface area (Å²) in [6.07, 6.45) is 0. The molecule has 0 saturated heterocycles. The largest absolute Gasteiger partial charge is 1.00 e. The van der Waals surface area contributed by atoms with E-state index in [0.717, 1.165) is 0 Å². The van der Waals surface area contributed by atoms with E-state index in [-0.39, 0.29) is 19.5 Å². The van der Waals surface area contributed by atoms with Crippen LogP contribution in [0.2, 0.25) is 0 Å². The van der Waals surface area contributed by atoms with E-state index in [4.69, 9.17) is 0 Å². The zero-order valence-electron chi connectivity index (χ0n) is 1.99. The molecule has 0 heterocycles. The molecular formula is CF3Ru. The Morgan fingerprint density at radius 2 is 1.00 bits per heavy atom. The first-order chi connectivity index (χ1) is 1.73. The Morgan fingerprint density at radius 3 is 1.00 bits per heavy atom. The van der Waals surface area contributed by atoms with Gasteiger partial charge in [0.25, 0.3) is 0 Å². The van der Waals surface area contributed by atoms with Gasteiger partial charge in [0.2, 0.25) is 0 Å². The number of hydrogen-bond donors (Lipinski definition) is 0. The molecule has 0 unspecified atom stereocenters. The van der Waals surface area contributed by atoms with Gasteiger partial charge in [0.15, 0.2) is 6.68 Å². The molecule has 0 aromatic carbocycles. The summed E-state index contributed by atoms with van der Waals surface area (Å²) in [7, 11) is 0. The van der Waals surface area contributed by atoms with Gasteiger partial charge < -0.3 is 13.2 Å². The normalized spacial score (nSPS) is 7.20. The molecule has 0 aromatic rings. The predicted molar refractivity (Wildman–Crippen MR) is 6.57 cm³/mol. The summed E-state index contributed by atoms with van der Waals surface area (Å²) in [6.45, 7) is -3.08. The standard InChI is InChI=1S/CF3.Ru/c2-1(3)4;/q-1;+1. The molecule has 33 valence electrons. The molecule has 0 rings (SSSR count). The van der Waals surface area contributed by atoms with Crippen molar-refractivity contribution in [1.82, 2.24) is 0 Å². The summed E-state index contributed by atoms with van der Waals surface area (Å²) in [6, 6.07) is 0. The Bertz CT molecular complexity index is 11.6. The van der Waals surface area contributed by atoms with E-state index in [0.29, 0.717) is 0 Å². The SMILES string of the molecule is F[C-](F)F.[Ru+]. The van der Waals surface area contributed by atoms with Gasteiger partial charge in [-0.3, -0.25) is 0 Å². The molecular weight excluding hydrogens is 170 g/mol. The second kappa shape index (κ2) is 4.41. The second-order valence-corrected chi connectivity index (χ2v) is 0.214. The van der Waals surface area contributed by atoms with Crippen molar-refractivity contribution in [1.29, 1.82) is 0 Å². The zero-order chi connectivity index (χ0) is 3.58. The van der Waals surface area contributed by atoms with Gasteiger partial charge in [-0.15, -0.1) is 0 Å². The number of halogens is 3. The molecule has 0 aliphatic heterocycles. The van der Waals surface area contributed by atoms with E-state index in [2.05, 4.69) is 0 Å². The van der Waals surface area contributed by atoms with Gasteiger partial charge in [-0.25, -0.2) is 0 Å². The molecule has 0 amide bonds. The van der Waals surface area contributed by atoms with Gasteiger partial charge in [-0.05, 0) is 0 Å². The maximum atomic E-state index is 9.58. The topological polar surface area (TPSA) is 0 Å². The molecule has 0 fully saturated rings. The Kier molecular flexibility index (Phi) is 7.99. The van der Waals surface area contributed by atoms with Crippen LogP contribution in [0.25, 0.3) is 0 Å². The Hall–Kier alpha value is 0.413. The van der Waals surface area contributed by atoms with Crippen LogP contribution in [0.15, 0.2) is 0 Å². The van der Waals surface area contributed by atoms with Crippen molar-refractivity contribution in [2.75, 3.05) is 0 Å². The third-order valence-electron chi connectivity index (χ3n) is 0. The van der Waals surface area contributed by atoms with Crippen LogP contribution in [0.5, 0.6) is 0 Å². The minimum absolute atomic E-state index is 0. The summed E-state index contributed by atoms with van der Waals surface area (Å²) in [5.74, 6) is 0. The molecule has 0 aliphatic rings. The predicted octanol–water partition coefficient (Wildman–Crippen LogP) is 1.34. The van der Waals surface area contributed by atoms with Gasteiger partial charge in [0, 0.05) is 0 Å². The van der Waals surface area contributed by atoms with Crippen molar-refractivity contribution in [3.63, 3.8) is 0 Å². The zero-order valence-corrected chi connectivity index (χ0v) is 3.73. The van der Waals surface area contributed by atoms with E-state index in [1.807, 2.05) is 0 Å². The molecule has 1 radical (unpaired) electrons. The smallest absolute Gasteiger partial charge is 0.385 e. The Labute approximate surface area is 40.1 Å². The molecule has 0 N–H and O–H groups in total. The minimum Gasteiger partial charge on any atom is -0.385 e. The molecule has 0 aliphatic carbocycles. The summed E-state index contributed by atoms with van der Waals surface area (Å²) >= 11 is 0. The van der Waals surface area contributed by atoms with Crippen molar-refractivity contribution < 1.29 is 32.6 Å². The van der Waals surface area contributed by atoms with Gasteiger partial charge >= 0.3 is 19.5 Å². The van der Waals surface area contributed by atoms with E-state index in [9.17, 15) is 13.2 Å². The molecule has 0 saturated carbocycles. The van der Waals surface area contributed by atoms with E-state index >= 15 is 0 Å². The summed E-state index contributed by atoms with van der Waals surface area (Å²) in [4.78, 5) is 0. The maximum absolute atomic E-state index is 9.58. The first-order valence-electron chi connectivity index (χ1n) is 0.567. The summed E-state index contributed by atoms with van der Waals surface area (Å²) in [5.41, 5.74) is 0. The van der Waals surface area contributed by atoms with Crippen molar-refractivity contribution in [3.05, 3.63) is 6.68 Å². The van der Waals surface area contributed by atoms with Crippen molar-refractivity contribution >= 4 is 0 Å². The third kappa shape index (κ3) is 150. The van der Waals surface area contributed by atoms with Gasteiger partial charge in [0.1, 0.15) is 0 Å². The minimum atomic E-state index is -3.08. The third-order valence-corrected chi connectivity index (χ3v) is 0. The molecule has 0 aromatic heterocycles. The second-order valence-electron chi connectivity index (χ2n) is 0.214. The van der Waals surface area contributed by atoms with Crippen LogP contribution in [-0.4, -0.2) is 0 Å². The fraction of sp³-hybridized carbons (Fsp3) is 0. The first kappa shape index (κ1) is 9.05. The van der Waals surface area contributed by atoms with E-state index < -0.39 is 6.68 Å². The Balaban J connectivity index is 0. The number of hydrogen-bond acceptors (Lipinski definition) is 0. The van der Waals surface area contributed by atoms with E-state index in [1.54, 1.807) is 0 Å². The van der Waals surface area contributed by atoms with Crippen LogP contribution in [0, 0.1) is 6.68 Å². The molecule has 5 heavy (non-hydrogen) atoms. The van der Waals surface area contributed by atoms with Gasteiger partial charge in [-0.2, -0.15) is 0 Å². The average Bonchev–Trinajstić information content (AvgIpc) is 0.811. The van der Waals surface area contributed by atoms with Crippen LogP contribution in [0.4, 0.5) is 13.2 Å². The van der Waals surface area contributed by atoms with Crippen LogP contribution >= 0.6 is 0 Å². The molecule has 0 nitrogen and oxygen atoms in total. The van der Waals surface area contributed by atoms with Gasteiger partial charge in [0.05, 0.1) is 0 Å². The fourth-order valence-electron chi connectivity index (χ4n) is 0. The maximum Gasteiger partial charge on any atom is 1.00 e. The summed E-state index contributed by atoms with van der Waals surface area (Å²) < 4.78 is 28.8. The fourth-order valence-corrected chi connectivity index (χ4v) is 0. The van der Waals surface area contributed by atoms with Crippen LogP contribution in [0.1, 0.15) is 0 Å². The summed E-state index contributed by atoms with van der Waals surface area (Å²) in [5, 5.41) is 0. The number of rotatable bonds is 0. The van der Waals surface area contributed by atoms with Crippen molar-refractivity contribution in [2.24, 2.45) is 0 Å². The van der Waals surface area contributed by atoms with Crippen molar-refractivity contribution in [3.8, 4) is 0 Å². The average molecular weight is 170 g/mol. The van der Waals surface area contributed by atoms with Crippen molar-refractivity contribution in [2.45, 2.75) is 0 Å². The van der Waals surface area contributed by atoms with Gasteiger partial charge in [-0.1, -0.05) is 0 Å². The molecule has 0 spiro atoms. The monoisotopic (exact) mass is 171 g/mol. The molecule has 0 bridgehead atoms. The first-order valence-corrected chi connectivity index (χ1v) is 0.567. The van der Waals surface area contributed by atoms with E-state index in [1.165, 1.54) is 0 Å². The van der Waals surface area contributed by atoms with Crippen LogP contribution in [0.3, 0.4) is 0 Å². The quantitative estimate of drug-likeness (QED) is 0.380. The van der Waals surface area contributed by atoms with Crippen LogP contribution < -0.4 is 0 Å². The van der Waals surface area contributed by atoms with Crippen LogP contribution in [-0.2, 0) is 19.5 Å². The Morgan fingerprint density at radius 1 is 1.00 bits per heavy atom.